The minimum atomic E-state index is -5.35. The smallest absolute Gasteiger partial charge is 0.386 e. The van der Waals surface area contributed by atoms with E-state index in [1.807, 2.05) is 0 Å². The molecule has 5 atom stereocenters. The molecule has 1 aliphatic heterocycles. The number of carbonyl (C=O) groups is 1. The minimum Gasteiger partial charge on any atom is -0.386 e. The molecule has 184 valence electrons. The summed E-state index contributed by atoms with van der Waals surface area (Å²) in [6, 6.07) is 0. The number of nitrogen functional groups attached to an aromatic ring is 1. The SMILES string of the molecule is CNC(=O)C[C@H]1[C@@H](O)[C@H](n2c[n+](C)c3c(=O)[nH]c(N)nc32)O[C@@H]1COP(=O)(O)OP(=O)(O)O. The van der Waals surface area contributed by atoms with E-state index in [0.717, 1.165) is 0 Å². The topological polar surface area (TPSA) is 252 Å². The number of anilines is 1. The van der Waals surface area contributed by atoms with Crippen molar-refractivity contribution < 1.29 is 51.8 Å². The summed E-state index contributed by atoms with van der Waals surface area (Å²) in [6.45, 7) is -0.773. The predicted molar refractivity (Wildman–Crippen MR) is 107 cm³/mol. The van der Waals surface area contributed by atoms with Crippen LogP contribution in [0, 0.1) is 5.92 Å². The fraction of sp³-hybridized carbons (Fsp3) is 0.571. The lowest BCUT2D eigenvalue weighted by molar-refractivity contribution is -0.646. The van der Waals surface area contributed by atoms with E-state index in [1.165, 1.54) is 29.6 Å². The second kappa shape index (κ2) is 9.21. The Morgan fingerprint density at radius 2 is 2.09 bits per heavy atom. The number of fused-ring (bicyclic) bond motifs is 1. The van der Waals surface area contributed by atoms with Gasteiger partial charge in [-0.15, -0.1) is 0 Å². The Kier molecular flexibility index (Phi) is 7.10. The fourth-order valence-electron chi connectivity index (χ4n) is 3.53. The predicted octanol–water partition coefficient (Wildman–Crippen LogP) is -2.63. The van der Waals surface area contributed by atoms with Gasteiger partial charge in [-0.25, -0.2) is 13.7 Å². The Morgan fingerprint density at radius 1 is 1.42 bits per heavy atom. The van der Waals surface area contributed by atoms with E-state index < -0.39 is 58.1 Å². The van der Waals surface area contributed by atoms with Gasteiger partial charge in [0.15, 0.2) is 0 Å². The average Bonchev–Trinajstić information content (AvgIpc) is 3.15. The van der Waals surface area contributed by atoms with Gasteiger partial charge < -0.3 is 35.6 Å². The van der Waals surface area contributed by atoms with E-state index in [9.17, 15) is 28.7 Å². The third kappa shape index (κ3) is 5.66. The van der Waals surface area contributed by atoms with Gasteiger partial charge in [-0.3, -0.25) is 19.1 Å². The number of H-pyrrole nitrogens is 1. The van der Waals surface area contributed by atoms with E-state index in [2.05, 4.69) is 24.1 Å². The summed E-state index contributed by atoms with van der Waals surface area (Å²) in [5.74, 6) is -1.68. The maximum Gasteiger partial charge on any atom is 0.481 e. The Morgan fingerprint density at radius 3 is 2.70 bits per heavy atom. The molecule has 1 fully saturated rings. The quantitative estimate of drug-likeness (QED) is 0.141. The van der Waals surface area contributed by atoms with Crippen LogP contribution in [0.5, 0.6) is 0 Å². The van der Waals surface area contributed by atoms with Crippen molar-refractivity contribution in [2.75, 3.05) is 19.4 Å². The number of imidazole rings is 1. The van der Waals surface area contributed by atoms with Crippen molar-refractivity contribution in [3.63, 3.8) is 0 Å². The lowest BCUT2D eigenvalue weighted by atomic mass is 9.94. The molecule has 0 aliphatic carbocycles. The van der Waals surface area contributed by atoms with Crippen LogP contribution in [-0.2, 0) is 34.5 Å². The maximum atomic E-state index is 12.2. The molecule has 3 rings (SSSR count). The number of phosphoric acid groups is 2. The van der Waals surface area contributed by atoms with Crippen molar-refractivity contribution in [1.29, 1.82) is 0 Å². The van der Waals surface area contributed by atoms with Crippen LogP contribution >= 0.6 is 15.6 Å². The van der Waals surface area contributed by atoms with E-state index in [0.29, 0.717) is 0 Å². The summed E-state index contributed by atoms with van der Waals surface area (Å²) < 4.78 is 39.5. The number of aryl methyl sites for hydroxylation is 1. The number of amides is 1. The zero-order valence-corrected chi connectivity index (χ0v) is 19.0. The summed E-state index contributed by atoms with van der Waals surface area (Å²) in [6.07, 6.45) is -2.72. The highest BCUT2D eigenvalue weighted by Crippen LogP contribution is 2.58. The minimum absolute atomic E-state index is 0.0562. The van der Waals surface area contributed by atoms with Crippen LogP contribution in [0.4, 0.5) is 5.95 Å². The van der Waals surface area contributed by atoms with Crippen LogP contribution in [0.15, 0.2) is 11.1 Å². The number of hydrogen-bond acceptors (Lipinski definition) is 10. The van der Waals surface area contributed by atoms with Gasteiger partial charge in [-0.1, -0.05) is 0 Å². The van der Waals surface area contributed by atoms with Gasteiger partial charge in [0.25, 0.3) is 11.2 Å². The van der Waals surface area contributed by atoms with E-state index >= 15 is 0 Å². The van der Waals surface area contributed by atoms with Gasteiger partial charge in [0, 0.05) is 19.4 Å². The van der Waals surface area contributed by atoms with Crippen molar-refractivity contribution in [2.24, 2.45) is 13.0 Å². The highest BCUT2D eigenvalue weighted by molar-refractivity contribution is 7.60. The molecule has 2 aromatic rings. The molecule has 0 spiro atoms. The van der Waals surface area contributed by atoms with E-state index in [-0.39, 0.29) is 23.5 Å². The molecule has 1 unspecified atom stereocenters. The first-order valence-corrected chi connectivity index (χ1v) is 12.3. The molecule has 3 heterocycles. The number of hydrogen-bond donors (Lipinski definition) is 7. The number of rotatable bonds is 8. The Labute approximate surface area is 185 Å². The molecule has 0 bridgehead atoms. The third-order valence-corrected chi connectivity index (χ3v) is 7.05. The first kappa shape index (κ1) is 25.4. The van der Waals surface area contributed by atoms with Crippen LogP contribution in [0.3, 0.4) is 0 Å². The first-order valence-electron chi connectivity index (χ1n) is 9.26. The third-order valence-electron chi connectivity index (χ3n) is 4.90. The van der Waals surface area contributed by atoms with Crippen molar-refractivity contribution >= 4 is 38.7 Å². The molecule has 17 nitrogen and oxygen atoms in total. The molecule has 1 aliphatic rings. The molecule has 33 heavy (non-hydrogen) atoms. The fourth-order valence-corrected chi connectivity index (χ4v) is 5.13. The molecular formula is C14H23N6O11P2+. The number of aliphatic hydroxyl groups excluding tert-OH is 1. The molecule has 0 radical (unpaired) electrons. The Bertz CT molecular complexity index is 1210. The van der Waals surface area contributed by atoms with Gasteiger partial charge in [-0.05, 0) is 0 Å². The van der Waals surface area contributed by atoms with Crippen molar-refractivity contribution in [3.05, 3.63) is 16.7 Å². The van der Waals surface area contributed by atoms with Gasteiger partial charge in [-0.2, -0.15) is 13.9 Å². The molecule has 0 saturated carbocycles. The second-order valence-corrected chi connectivity index (χ2v) is 10.0. The molecule has 1 amide bonds. The lowest BCUT2D eigenvalue weighted by Crippen LogP contribution is -2.34. The number of aromatic amines is 1. The van der Waals surface area contributed by atoms with Gasteiger partial charge >= 0.3 is 21.2 Å². The average molecular weight is 513 g/mol. The number of nitrogens with one attached hydrogen (secondary N) is 2. The monoisotopic (exact) mass is 513 g/mol. The van der Waals surface area contributed by atoms with Crippen molar-refractivity contribution in [1.82, 2.24) is 19.9 Å². The maximum absolute atomic E-state index is 12.2. The molecule has 2 aromatic heterocycles. The van der Waals surface area contributed by atoms with E-state index in [1.54, 1.807) is 0 Å². The molecular weight excluding hydrogens is 490 g/mol. The first-order chi connectivity index (χ1) is 15.2. The summed E-state index contributed by atoms with van der Waals surface area (Å²) in [7, 11) is -7.65. The summed E-state index contributed by atoms with van der Waals surface area (Å²) in [4.78, 5) is 57.6. The van der Waals surface area contributed by atoms with Crippen molar-refractivity contribution in [2.45, 2.75) is 24.9 Å². The molecule has 19 heteroatoms. The van der Waals surface area contributed by atoms with Crippen LogP contribution in [-0.4, -0.2) is 66.1 Å². The number of aromatic nitrogens is 4. The number of phosphoric ester groups is 1. The number of nitrogens with two attached hydrogens (primary N) is 1. The highest BCUT2D eigenvalue weighted by atomic mass is 31.3. The Hall–Kier alpha value is -2.20. The van der Waals surface area contributed by atoms with Crippen LogP contribution < -0.4 is 21.2 Å². The summed E-state index contributed by atoms with van der Waals surface area (Å²) in [5, 5.41) is 13.3. The normalized spacial score (nSPS) is 25.3. The Balaban J connectivity index is 1.93. The molecule has 1 saturated heterocycles. The summed E-state index contributed by atoms with van der Waals surface area (Å²) in [5.41, 5.74) is 5.23. The van der Waals surface area contributed by atoms with Crippen molar-refractivity contribution in [3.8, 4) is 0 Å². The molecule has 8 N–H and O–H groups in total. The zero-order chi connectivity index (χ0) is 24.7. The van der Waals surface area contributed by atoms with Crippen LogP contribution in [0.2, 0.25) is 0 Å². The van der Waals surface area contributed by atoms with Crippen LogP contribution in [0.25, 0.3) is 11.2 Å². The highest BCUT2D eigenvalue weighted by Gasteiger charge is 2.50. The standard InChI is InChI=1S/C14H22N6O11P2/c1-16-8(21)3-6-7(4-29-33(27,28)31-32(24,25)26)30-13(10(6)22)20-5-19(2)9-11(20)17-14(15)18-12(9)23/h5-7,10,13,22H,3-4H2,1-2H3,(H6-,15,16,17,18,21,23,24,25,26,27,28)/p+1/t6-,7-,10-,13-/m1/s1. The zero-order valence-electron chi connectivity index (χ0n) is 17.3. The van der Waals surface area contributed by atoms with Gasteiger partial charge in [0.1, 0.15) is 6.10 Å². The molecule has 0 aromatic carbocycles. The number of carbonyl (C=O) groups excluding carboxylic acids is 1. The van der Waals surface area contributed by atoms with Gasteiger partial charge in [0.05, 0.1) is 19.8 Å². The number of ether oxygens (including phenoxy) is 1. The van der Waals surface area contributed by atoms with E-state index in [4.69, 9.17) is 20.3 Å². The lowest BCUT2D eigenvalue weighted by Gasteiger charge is -2.20. The largest absolute Gasteiger partial charge is 0.481 e. The number of aliphatic hydroxyl groups is 1. The number of nitrogens with zero attached hydrogens (tertiary/aromatic N) is 3. The second-order valence-electron chi connectivity index (χ2n) is 7.19. The summed E-state index contributed by atoms with van der Waals surface area (Å²) >= 11 is 0. The van der Waals surface area contributed by atoms with Crippen LogP contribution in [0.1, 0.15) is 12.6 Å². The van der Waals surface area contributed by atoms with Gasteiger partial charge in [0.2, 0.25) is 24.4 Å².